The van der Waals surface area contributed by atoms with E-state index in [4.69, 9.17) is 0 Å². The molecule has 23 heavy (non-hydrogen) atoms. The van der Waals surface area contributed by atoms with E-state index in [1.807, 2.05) is 6.92 Å². The van der Waals surface area contributed by atoms with Gasteiger partial charge in [0.15, 0.2) is 5.16 Å². The molecule has 1 unspecified atom stereocenters. The Bertz CT molecular complexity index is 614. The van der Waals surface area contributed by atoms with Gasteiger partial charge in [-0.25, -0.2) is 9.97 Å². The predicted octanol–water partition coefficient (Wildman–Crippen LogP) is 3.64. The summed E-state index contributed by atoms with van der Waals surface area (Å²) in [7, 11) is 0. The number of amides is 1. The van der Waals surface area contributed by atoms with Crippen molar-refractivity contribution in [3.8, 4) is 0 Å². The third-order valence-corrected chi connectivity index (χ3v) is 4.25. The molecule has 0 aliphatic rings. The summed E-state index contributed by atoms with van der Waals surface area (Å²) in [6.07, 6.45) is 4.43. The van der Waals surface area contributed by atoms with Crippen LogP contribution >= 0.6 is 11.8 Å². The van der Waals surface area contributed by atoms with E-state index in [1.54, 1.807) is 18.5 Å². The van der Waals surface area contributed by atoms with Gasteiger partial charge >= 0.3 is 0 Å². The number of nitrogens with one attached hydrogen (secondary N) is 1. The quantitative estimate of drug-likeness (QED) is 0.622. The number of rotatable bonds is 7. The molecule has 0 saturated carbocycles. The van der Waals surface area contributed by atoms with Crippen LogP contribution in [-0.2, 0) is 11.2 Å². The molecule has 0 bridgehead atoms. The van der Waals surface area contributed by atoms with E-state index < -0.39 is 0 Å². The number of thioether (sulfide) groups is 1. The number of hydrogen-bond donors (Lipinski definition) is 1. The highest BCUT2D eigenvalue weighted by molar-refractivity contribution is 7.99. The monoisotopic (exact) mass is 329 g/mol. The molecule has 1 N–H and O–H groups in total. The summed E-state index contributed by atoms with van der Waals surface area (Å²) >= 11 is 1.34. The zero-order chi connectivity index (χ0) is 16.7. The van der Waals surface area contributed by atoms with Crippen molar-refractivity contribution < 1.29 is 4.79 Å². The minimum absolute atomic E-state index is 0.00658. The fourth-order valence-electron chi connectivity index (χ4n) is 2.27. The van der Waals surface area contributed by atoms with Gasteiger partial charge in [-0.05, 0) is 36.5 Å². The summed E-state index contributed by atoms with van der Waals surface area (Å²) < 4.78 is 0. The molecule has 1 atom stereocenters. The van der Waals surface area contributed by atoms with Gasteiger partial charge in [-0.1, -0.05) is 49.9 Å². The highest BCUT2D eigenvalue weighted by atomic mass is 32.2. The van der Waals surface area contributed by atoms with Gasteiger partial charge in [-0.3, -0.25) is 4.79 Å². The Morgan fingerprint density at radius 2 is 1.78 bits per heavy atom. The van der Waals surface area contributed by atoms with Crippen LogP contribution in [-0.4, -0.2) is 21.6 Å². The second-order valence-electron chi connectivity index (χ2n) is 5.95. The van der Waals surface area contributed by atoms with Crippen molar-refractivity contribution in [2.75, 3.05) is 5.75 Å². The smallest absolute Gasteiger partial charge is 0.230 e. The highest BCUT2D eigenvalue weighted by Gasteiger charge is 2.10. The fraction of sp³-hybridized carbons (Fsp3) is 0.389. The van der Waals surface area contributed by atoms with E-state index in [0.29, 0.717) is 16.8 Å². The maximum Gasteiger partial charge on any atom is 0.230 e. The van der Waals surface area contributed by atoms with Crippen LogP contribution in [0.3, 0.4) is 0 Å². The van der Waals surface area contributed by atoms with Crippen molar-refractivity contribution in [3.63, 3.8) is 0 Å². The number of nitrogens with zero attached hydrogens (tertiary/aromatic N) is 2. The van der Waals surface area contributed by atoms with Gasteiger partial charge in [0.1, 0.15) is 0 Å². The average Bonchev–Trinajstić information content (AvgIpc) is 2.54. The van der Waals surface area contributed by atoms with Gasteiger partial charge in [-0.15, -0.1) is 0 Å². The van der Waals surface area contributed by atoms with Crippen LogP contribution < -0.4 is 5.32 Å². The normalized spacial score (nSPS) is 12.2. The molecule has 4 nitrogen and oxygen atoms in total. The molecule has 0 fully saturated rings. The lowest BCUT2D eigenvalue weighted by Gasteiger charge is -2.15. The third kappa shape index (κ3) is 6.02. The molecule has 2 rings (SSSR count). The first kappa shape index (κ1) is 17.5. The van der Waals surface area contributed by atoms with Crippen LogP contribution in [0, 0.1) is 5.92 Å². The van der Waals surface area contributed by atoms with Gasteiger partial charge < -0.3 is 5.32 Å². The molecule has 1 aromatic carbocycles. The Hall–Kier alpha value is -1.88. The number of carbonyl (C=O) groups excluding carboxylic acids is 1. The van der Waals surface area contributed by atoms with E-state index in [0.717, 1.165) is 12.0 Å². The van der Waals surface area contributed by atoms with Crippen LogP contribution in [0.4, 0.5) is 0 Å². The van der Waals surface area contributed by atoms with Crippen LogP contribution in [0.25, 0.3) is 0 Å². The lowest BCUT2D eigenvalue weighted by atomic mass is 10.00. The van der Waals surface area contributed by atoms with Crippen molar-refractivity contribution in [2.24, 2.45) is 5.92 Å². The van der Waals surface area contributed by atoms with Gasteiger partial charge in [0.05, 0.1) is 11.8 Å². The first-order valence-electron chi connectivity index (χ1n) is 7.82. The molecular weight excluding hydrogens is 306 g/mol. The van der Waals surface area contributed by atoms with Crippen LogP contribution in [0.1, 0.15) is 37.9 Å². The molecule has 0 saturated heterocycles. The van der Waals surface area contributed by atoms with Gasteiger partial charge in [0, 0.05) is 12.4 Å². The highest BCUT2D eigenvalue weighted by Crippen LogP contribution is 2.16. The first-order chi connectivity index (χ1) is 11.0. The molecule has 1 amide bonds. The first-order valence-corrected chi connectivity index (χ1v) is 8.81. The summed E-state index contributed by atoms with van der Waals surface area (Å²) in [6, 6.07) is 10.2. The maximum atomic E-state index is 12.0. The fourth-order valence-corrected chi connectivity index (χ4v) is 2.88. The van der Waals surface area contributed by atoms with Crippen molar-refractivity contribution in [1.29, 1.82) is 0 Å². The predicted molar refractivity (Wildman–Crippen MR) is 94.3 cm³/mol. The van der Waals surface area contributed by atoms with Crippen LogP contribution in [0.5, 0.6) is 0 Å². The van der Waals surface area contributed by atoms with Gasteiger partial charge in [0.25, 0.3) is 0 Å². The summed E-state index contributed by atoms with van der Waals surface area (Å²) in [6.45, 7) is 6.43. The Balaban J connectivity index is 1.83. The Morgan fingerprint density at radius 3 is 2.39 bits per heavy atom. The number of carbonyl (C=O) groups is 1. The summed E-state index contributed by atoms with van der Waals surface area (Å²) in [4.78, 5) is 20.2. The third-order valence-electron chi connectivity index (χ3n) is 3.38. The Morgan fingerprint density at radius 1 is 1.13 bits per heavy atom. The zero-order valence-corrected chi connectivity index (χ0v) is 14.6. The lowest BCUT2D eigenvalue weighted by Crippen LogP contribution is -2.28. The van der Waals surface area contributed by atoms with E-state index in [-0.39, 0.29) is 11.9 Å². The standard InChI is InChI=1S/C18H23N3OS/c1-13(2)11-15-5-7-16(8-6-15)14(3)21-17(22)12-23-18-19-9-4-10-20-18/h4-10,13-14H,11-12H2,1-3H3,(H,21,22). The zero-order valence-electron chi connectivity index (χ0n) is 13.8. The molecular formula is C18H23N3OS. The maximum absolute atomic E-state index is 12.0. The topological polar surface area (TPSA) is 54.9 Å². The van der Waals surface area contributed by atoms with Crippen molar-refractivity contribution >= 4 is 17.7 Å². The minimum atomic E-state index is -0.0128. The number of hydrogen-bond acceptors (Lipinski definition) is 4. The SMILES string of the molecule is CC(C)Cc1ccc(C(C)NC(=O)CSc2ncccn2)cc1. The Labute approximate surface area is 142 Å². The molecule has 5 heteroatoms. The van der Waals surface area contributed by atoms with Crippen molar-refractivity contribution in [1.82, 2.24) is 15.3 Å². The second kappa shape index (κ2) is 8.67. The van der Waals surface area contributed by atoms with Crippen LogP contribution in [0.15, 0.2) is 47.9 Å². The van der Waals surface area contributed by atoms with Crippen molar-refractivity contribution in [2.45, 2.75) is 38.4 Å². The van der Waals surface area contributed by atoms with Gasteiger partial charge in [-0.2, -0.15) is 0 Å². The molecule has 1 aromatic heterocycles. The molecule has 2 aromatic rings. The average molecular weight is 329 g/mol. The molecule has 0 spiro atoms. The Kier molecular flexibility index (Phi) is 6.59. The summed E-state index contributed by atoms with van der Waals surface area (Å²) in [5, 5.41) is 3.63. The molecule has 1 heterocycles. The number of aromatic nitrogens is 2. The molecule has 0 aliphatic carbocycles. The summed E-state index contributed by atoms with van der Waals surface area (Å²) in [5.74, 6) is 0.955. The molecule has 0 radical (unpaired) electrons. The van der Waals surface area contributed by atoms with Gasteiger partial charge in [0.2, 0.25) is 5.91 Å². The van der Waals surface area contributed by atoms with E-state index in [1.165, 1.54) is 17.3 Å². The van der Waals surface area contributed by atoms with E-state index >= 15 is 0 Å². The van der Waals surface area contributed by atoms with Crippen molar-refractivity contribution in [3.05, 3.63) is 53.9 Å². The minimum Gasteiger partial charge on any atom is -0.349 e. The van der Waals surface area contributed by atoms with E-state index in [9.17, 15) is 4.79 Å². The van der Waals surface area contributed by atoms with E-state index in [2.05, 4.69) is 53.4 Å². The second-order valence-corrected chi connectivity index (χ2v) is 6.89. The molecule has 0 aliphatic heterocycles. The largest absolute Gasteiger partial charge is 0.349 e. The van der Waals surface area contributed by atoms with Crippen LogP contribution in [0.2, 0.25) is 0 Å². The summed E-state index contributed by atoms with van der Waals surface area (Å²) in [5.41, 5.74) is 2.45. The number of benzene rings is 1. The molecule has 122 valence electrons. The lowest BCUT2D eigenvalue weighted by molar-refractivity contribution is -0.119.